The predicted octanol–water partition coefficient (Wildman–Crippen LogP) is 4.38. The third-order valence-electron chi connectivity index (χ3n) is 6.51. The molecule has 35 heavy (non-hydrogen) atoms. The van der Waals surface area contributed by atoms with E-state index in [-0.39, 0.29) is 18.8 Å². The smallest absolute Gasteiger partial charge is 0.341 e. The van der Waals surface area contributed by atoms with Gasteiger partial charge in [-0.15, -0.1) is 0 Å². The van der Waals surface area contributed by atoms with E-state index < -0.39 is 35.1 Å². The van der Waals surface area contributed by atoms with Crippen LogP contribution in [-0.4, -0.2) is 56.5 Å². The Hall–Kier alpha value is -3.89. The lowest BCUT2D eigenvalue weighted by Gasteiger charge is -2.44. The van der Waals surface area contributed by atoms with Crippen LogP contribution < -0.4 is 4.74 Å². The van der Waals surface area contributed by atoms with Crippen LogP contribution in [0.5, 0.6) is 5.75 Å². The summed E-state index contributed by atoms with van der Waals surface area (Å²) in [6.07, 6.45) is 4.62. The molecular weight excluding hydrogens is 461 g/mol. The quantitative estimate of drug-likeness (QED) is 0.583. The van der Waals surface area contributed by atoms with Gasteiger partial charge >= 0.3 is 6.03 Å². The summed E-state index contributed by atoms with van der Waals surface area (Å²) in [5, 5.41) is 12.3. The van der Waals surface area contributed by atoms with Crippen LogP contribution in [0, 0.1) is 24.4 Å². The van der Waals surface area contributed by atoms with Crippen molar-refractivity contribution >= 4 is 12.2 Å². The summed E-state index contributed by atoms with van der Waals surface area (Å²) >= 11 is 0. The van der Waals surface area contributed by atoms with Gasteiger partial charge in [0.25, 0.3) is 0 Å². The zero-order chi connectivity index (χ0) is 24.7. The number of halogens is 3. The normalized spacial score (nSPS) is 19.8. The van der Waals surface area contributed by atoms with Gasteiger partial charge in [0.15, 0.2) is 11.6 Å². The van der Waals surface area contributed by atoms with E-state index in [9.17, 15) is 18.0 Å². The molecule has 2 amide bonds. The Morgan fingerprint density at radius 3 is 2.57 bits per heavy atom. The molecule has 0 unspecified atom stereocenters. The first kappa shape index (κ1) is 22.9. The minimum atomic E-state index is -0.986. The Morgan fingerprint density at radius 1 is 1.17 bits per heavy atom. The number of nitrogens with one attached hydrogen (secondary N) is 1. The van der Waals surface area contributed by atoms with Gasteiger partial charge in [-0.25, -0.2) is 23.0 Å². The first-order valence-electron chi connectivity index (χ1n) is 11.2. The highest BCUT2D eigenvalue weighted by atomic mass is 19.1. The number of aromatic amines is 1. The van der Waals surface area contributed by atoms with Crippen molar-refractivity contribution < 1.29 is 22.7 Å². The second-order valence-corrected chi connectivity index (χ2v) is 8.71. The number of likely N-dealkylation sites (tertiary alicyclic amines) is 1. The Kier molecular flexibility index (Phi) is 5.70. The number of pyridine rings is 1. The highest BCUT2D eigenvalue weighted by Crippen LogP contribution is 2.40. The number of aryl methyl sites for hydroxylation is 1. The number of hydrogen-bond acceptors (Lipinski definition) is 5. The van der Waals surface area contributed by atoms with Gasteiger partial charge in [-0.05, 0) is 36.6 Å². The Bertz CT molecular complexity index is 1290. The average molecular weight is 484 g/mol. The van der Waals surface area contributed by atoms with Crippen molar-refractivity contribution in [3.05, 3.63) is 65.2 Å². The number of ether oxygens (including phenoxy) is 1. The summed E-state index contributed by atoms with van der Waals surface area (Å²) in [6, 6.07) is 4.34. The summed E-state index contributed by atoms with van der Waals surface area (Å²) < 4.78 is 48.0. The maximum absolute atomic E-state index is 14.4. The molecule has 1 saturated heterocycles. The van der Waals surface area contributed by atoms with Gasteiger partial charge in [0, 0.05) is 24.8 Å². The minimum Gasteiger partial charge on any atom is -0.483 e. The van der Waals surface area contributed by atoms with Crippen molar-refractivity contribution in [2.45, 2.75) is 38.3 Å². The topological polar surface area (TPSA) is 86.7 Å². The second-order valence-electron chi connectivity index (χ2n) is 8.71. The van der Waals surface area contributed by atoms with E-state index in [4.69, 9.17) is 4.74 Å². The molecule has 2 aliphatic heterocycles. The first-order valence-corrected chi connectivity index (χ1v) is 11.2. The Labute approximate surface area is 199 Å². The standard InChI is InChI=1S/C24H23F3N6O2/c1-3-24(15-6-16(25)8-17(26)7-15)4-5-30-33(24)23(34)32-12-18(13-32)35-21-9-20(28-11-19(21)27)22-14(2)10-29-31-22/h5-11,18H,3-4,12-13H2,1-2H3,(H,29,31)/t24-/m0/s1. The Morgan fingerprint density at radius 2 is 1.91 bits per heavy atom. The van der Waals surface area contributed by atoms with Crippen molar-refractivity contribution in [3.63, 3.8) is 0 Å². The zero-order valence-corrected chi connectivity index (χ0v) is 19.1. The highest BCUT2D eigenvalue weighted by molar-refractivity contribution is 5.80. The maximum Gasteiger partial charge on any atom is 0.341 e. The van der Waals surface area contributed by atoms with E-state index >= 15 is 0 Å². The monoisotopic (exact) mass is 484 g/mol. The molecule has 1 atom stereocenters. The maximum atomic E-state index is 14.4. The first-order chi connectivity index (χ1) is 16.8. The van der Waals surface area contributed by atoms with Crippen LogP contribution in [0.3, 0.4) is 0 Å². The number of urea groups is 1. The Balaban J connectivity index is 1.29. The van der Waals surface area contributed by atoms with Crippen LogP contribution in [0.15, 0.2) is 41.8 Å². The third kappa shape index (κ3) is 4.00. The van der Waals surface area contributed by atoms with Crippen molar-refractivity contribution in [1.82, 2.24) is 25.1 Å². The fourth-order valence-corrected chi connectivity index (χ4v) is 4.50. The molecule has 0 spiro atoms. The van der Waals surface area contributed by atoms with Crippen LogP contribution in [0.25, 0.3) is 11.4 Å². The molecule has 1 aromatic carbocycles. The number of carbonyl (C=O) groups is 1. The number of H-pyrrole nitrogens is 1. The number of amides is 2. The molecule has 2 aromatic heterocycles. The molecule has 0 bridgehead atoms. The summed E-state index contributed by atoms with van der Waals surface area (Å²) in [5.41, 5.74) is 1.37. The van der Waals surface area contributed by atoms with E-state index in [1.54, 1.807) is 12.4 Å². The second kappa shape index (κ2) is 8.71. The third-order valence-corrected chi connectivity index (χ3v) is 6.51. The zero-order valence-electron chi connectivity index (χ0n) is 19.1. The van der Waals surface area contributed by atoms with E-state index in [1.165, 1.54) is 28.1 Å². The van der Waals surface area contributed by atoms with E-state index in [2.05, 4.69) is 20.3 Å². The number of aromatic nitrogens is 3. The molecule has 5 rings (SSSR count). The van der Waals surface area contributed by atoms with Crippen LogP contribution in [0.2, 0.25) is 0 Å². The lowest BCUT2D eigenvalue weighted by Crippen LogP contribution is -2.61. The van der Waals surface area contributed by atoms with Gasteiger partial charge in [-0.1, -0.05) is 6.92 Å². The minimum absolute atomic E-state index is 0.0263. The van der Waals surface area contributed by atoms with Gasteiger partial charge in [0.1, 0.15) is 17.7 Å². The van der Waals surface area contributed by atoms with E-state index in [0.29, 0.717) is 29.8 Å². The van der Waals surface area contributed by atoms with E-state index in [1.807, 2.05) is 13.8 Å². The van der Waals surface area contributed by atoms with Gasteiger partial charge in [-0.2, -0.15) is 10.2 Å². The molecule has 0 saturated carbocycles. The molecule has 0 radical (unpaired) electrons. The average Bonchev–Trinajstić information content (AvgIpc) is 3.43. The molecule has 11 heteroatoms. The predicted molar refractivity (Wildman–Crippen MR) is 121 cm³/mol. The number of hydrazone groups is 1. The fourth-order valence-electron chi connectivity index (χ4n) is 4.50. The number of nitrogens with zero attached hydrogens (tertiary/aromatic N) is 5. The fraction of sp³-hybridized carbons (Fsp3) is 0.333. The van der Waals surface area contributed by atoms with Gasteiger partial charge < -0.3 is 9.64 Å². The molecule has 1 fully saturated rings. The number of hydrogen-bond donors (Lipinski definition) is 1. The van der Waals surface area contributed by atoms with Crippen molar-refractivity contribution in [2.24, 2.45) is 5.10 Å². The summed E-state index contributed by atoms with van der Waals surface area (Å²) in [5.74, 6) is -2.02. The lowest BCUT2D eigenvalue weighted by molar-refractivity contribution is 0.0138. The molecule has 1 N–H and O–H groups in total. The van der Waals surface area contributed by atoms with Crippen LogP contribution in [0.1, 0.15) is 30.9 Å². The largest absolute Gasteiger partial charge is 0.483 e. The molecule has 4 heterocycles. The molecule has 3 aromatic rings. The van der Waals surface area contributed by atoms with Crippen molar-refractivity contribution in [2.75, 3.05) is 13.1 Å². The number of rotatable bonds is 5. The van der Waals surface area contributed by atoms with Crippen LogP contribution in [-0.2, 0) is 5.54 Å². The SMILES string of the molecule is CC[C@@]1(c2cc(F)cc(F)c2)CC=NN1C(=O)N1CC(Oc2cc(-c3[nH]ncc3C)ncc2F)C1. The molecule has 2 aliphatic rings. The summed E-state index contributed by atoms with van der Waals surface area (Å²) in [6.45, 7) is 4.12. The number of benzene rings is 1. The highest BCUT2D eigenvalue weighted by Gasteiger charge is 2.47. The van der Waals surface area contributed by atoms with Crippen LogP contribution >= 0.6 is 0 Å². The van der Waals surface area contributed by atoms with Crippen molar-refractivity contribution in [1.29, 1.82) is 0 Å². The molecular formula is C24H23F3N6O2. The molecule has 182 valence electrons. The van der Waals surface area contributed by atoms with Gasteiger partial charge in [-0.3, -0.25) is 10.1 Å². The van der Waals surface area contributed by atoms with Gasteiger partial charge in [0.2, 0.25) is 0 Å². The summed E-state index contributed by atoms with van der Waals surface area (Å²) in [7, 11) is 0. The number of carbonyl (C=O) groups excluding carboxylic acids is 1. The molecule has 0 aliphatic carbocycles. The van der Waals surface area contributed by atoms with Gasteiger partial charge in [0.05, 0.1) is 42.4 Å². The van der Waals surface area contributed by atoms with Crippen molar-refractivity contribution in [3.8, 4) is 17.1 Å². The molecule has 8 nitrogen and oxygen atoms in total. The summed E-state index contributed by atoms with van der Waals surface area (Å²) in [4.78, 5) is 18.9. The van der Waals surface area contributed by atoms with Crippen LogP contribution in [0.4, 0.5) is 18.0 Å². The lowest BCUT2D eigenvalue weighted by atomic mass is 9.84. The van der Waals surface area contributed by atoms with E-state index in [0.717, 1.165) is 17.8 Å².